The van der Waals surface area contributed by atoms with E-state index in [2.05, 4.69) is 51.1 Å². The van der Waals surface area contributed by atoms with Crippen LogP contribution in [0.1, 0.15) is 55.7 Å². The minimum absolute atomic E-state index is 0.240. The summed E-state index contributed by atoms with van der Waals surface area (Å²) in [6.45, 7) is 11.0. The van der Waals surface area contributed by atoms with Gasteiger partial charge in [-0.05, 0) is 74.5 Å². The van der Waals surface area contributed by atoms with Crippen molar-refractivity contribution in [1.82, 2.24) is 35.1 Å². The van der Waals surface area contributed by atoms with Gasteiger partial charge in [-0.15, -0.1) is 5.10 Å². The number of anilines is 1. The summed E-state index contributed by atoms with van der Waals surface area (Å²) < 4.78 is 20.8. The number of carbonyl (C=O) groups excluding carboxylic acids is 1. The number of nitrogens with one attached hydrogen (secondary N) is 1. The van der Waals surface area contributed by atoms with E-state index >= 15 is 0 Å². The fourth-order valence-electron chi connectivity index (χ4n) is 5.57. The third kappa shape index (κ3) is 5.01. The summed E-state index contributed by atoms with van der Waals surface area (Å²) in [5, 5.41) is 14.8. The van der Waals surface area contributed by atoms with E-state index in [9.17, 15) is 9.18 Å². The van der Waals surface area contributed by atoms with Crippen LogP contribution in [0.2, 0.25) is 0 Å². The molecule has 10 nitrogen and oxygen atoms in total. The average Bonchev–Trinajstić information content (AvgIpc) is 3.60. The zero-order valence-electron chi connectivity index (χ0n) is 23.6. The number of carbonyl (C=O) groups is 1. The Morgan fingerprint density at radius 2 is 1.78 bits per heavy atom. The van der Waals surface area contributed by atoms with Gasteiger partial charge < -0.3 is 14.6 Å². The second kappa shape index (κ2) is 10.5. The smallest absolute Gasteiger partial charge is 0.356 e. The number of tetrazole rings is 1. The van der Waals surface area contributed by atoms with Crippen molar-refractivity contribution in [2.45, 2.75) is 39.3 Å². The second-order valence-corrected chi connectivity index (χ2v) is 11.2. The Bertz CT molecular complexity index is 1700. The molecule has 2 aromatic carbocycles. The van der Waals surface area contributed by atoms with Crippen LogP contribution >= 0.6 is 0 Å². The number of aromatic nitrogens is 6. The fraction of sp³-hybridized carbons (Fsp3) is 0.367. The minimum Gasteiger partial charge on any atom is -0.461 e. The van der Waals surface area contributed by atoms with Crippen LogP contribution in [0.25, 0.3) is 21.8 Å². The molecule has 1 N–H and O–H groups in total. The first-order valence-corrected chi connectivity index (χ1v) is 13.9. The summed E-state index contributed by atoms with van der Waals surface area (Å²) in [7, 11) is 0. The Hall–Kier alpha value is -4.38. The van der Waals surface area contributed by atoms with Crippen LogP contribution in [-0.2, 0) is 10.3 Å². The molecule has 0 saturated carbocycles. The molecule has 0 radical (unpaired) electrons. The summed E-state index contributed by atoms with van der Waals surface area (Å²) in [4.78, 5) is 26.1. The van der Waals surface area contributed by atoms with Gasteiger partial charge in [0.15, 0.2) is 5.82 Å². The number of halogens is 1. The second-order valence-electron chi connectivity index (χ2n) is 11.2. The van der Waals surface area contributed by atoms with Crippen molar-refractivity contribution in [1.29, 1.82) is 0 Å². The predicted molar refractivity (Wildman–Crippen MR) is 154 cm³/mol. The quantitative estimate of drug-likeness (QED) is 0.301. The molecule has 0 spiro atoms. The van der Waals surface area contributed by atoms with Gasteiger partial charge in [0.05, 0.1) is 23.4 Å². The summed E-state index contributed by atoms with van der Waals surface area (Å²) in [5.41, 5.74) is 3.25. The number of hydrogen-bond donors (Lipinski definition) is 1. The Labute approximate surface area is 237 Å². The summed E-state index contributed by atoms with van der Waals surface area (Å²) >= 11 is 0. The first-order valence-electron chi connectivity index (χ1n) is 13.9. The molecule has 1 fully saturated rings. The van der Waals surface area contributed by atoms with Crippen molar-refractivity contribution < 1.29 is 13.9 Å². The first kappa shape index (κ1) is 26.8. The van der Waals surface area contributed by atoms with E-state index in [4.69, 9.17) is 9.72 Å². The number of pyridine rings is 1. The number of para-hydroxylation sites is 1. The molecule has 1 saturated heterocycles. The van der Waals surface area contributed by atoms with E-state index in [0.29, 0.717) is 37.7 Å². The lowest BCUT2D eigenvalue weighted by atomic mass is 10.0. The lowest BCUT2D eigenvalue weighted by Gasteiger charge is -2.40. The highest BCUT2D eigenvalue weighted by Gasteiger charge is 2.36. The molecule has 6 rings (SSSR count). The van der Waals surface area contributed by atoms with E-state index in [1.165, 1.54) is 12.1 Å². The van der Waals surface area contributed by atoms with Gasteiger partial charge in [0.25, 0.3) is 0 Å². The van der Waals surface area contributed by atoms with Crippen LogP contribution in [0.15, 0.2) is 54.6 Å². The SMILES string of the molecule is CCOC(=O)c1cc2c([nH]c3ccccc32)c(C(c2nnnn2C(C)(C)C)N2CCN(c3ccc(F)cc3)CC2)n1. The predicted octanol–water partition coefficient (Wildman–Crippen LogP) is 4.69. The van der Waals surface area contributed by atoms with Gasteiger partial charge in [0, 0.05) is 48.2 Å². The van der Waals surface area contributed by atoms with Crippen molar-refractivity contribution >= 4 is 33.5 Å². The third-order valence-corrected chi connectivity index (χ3v) is 7.51. The number of hydrogen-bond acceptors (Lipinski definition) is 8. The topological polar surface area (TPSA) is 105 Å². The largest absolute Gasteiger partial charge is 0.461 e. The molecule has 1 atom stereocenters. The molecule has 41 heavy (non-hydrogen) atoms. The first-order chi connectivity index (χ1) is 19.7. The number of nitrogens with zero attached hydrogens (tertiary/aromatic N) is 7. The molecule has 0 bridgehead atoms. The number of piperazine rings is 1. The van der Waals surface area contributed by atoms with E-state index in [-0.39, 0.29) is 18.1 Å². The average molecular weight is 557 g/mol. The van der Waals surface area contributed by atoms with Crippen LogP contribution in [0, 0.1) is 5.82 Å². The van der Waals surface area contributed by atoms with Crippen molar-refractivity contribution in [2.75, 3.05) is 37.7 Å². The molecule has 0 aliphatic carbocycles. The van der Waals surface area contributed by atoms with Gasteiger partial charge >= 0.3 is 5.97 Å². The highest BCUT2D eigenvalue weighted by molar-refractivity contribution is 6.09. The number of ether oxygens (including phenoxy) is 1. The molecule has 0 amide bonds. The number of benzene rings is 2. The highest BCUT2D eigenvalue weighted by atomic mass is 19.1. The van der Waals surface area contributed by atoms with Crippen molar-refractivity contribution in [3.05, 3.63) is 77.6 Å². The standard InChI is InChI=1S/C30H33FN8O2/c1-5-41-29(40)24-18-22-21-8-6-7-9-23(21)32-25(22)26(33-24)27(28-34-35-36-39(28)30(2,3)4)38-16-14-37(15-17-38)20-12-10-19(31)11-13-20/h6-13,18,27,32H,5,14-17H2,1-4H3. The molecular weight excluding hydrogens is 523 g/mol. The maximum atomic E-state index is 13.6. The van der Waals surface area contributed by atoms with Crippen LogP contribution in [0.4, 0.5) is 10.1 Å². The van der Waals surface area contributed by atoms with Crippen LogP contribution < -0.4 is 4.90 Å². The molecule has 1 aliphatic rings. The zero-order valence-corrected chi connectivity index (χ0v) is 23.6. The molecular formula is C30H33FN8O2. The Morgan fingerprint density at radius 3 is 2.49 bits per heavy atom. The number of rotatable bonds is 6. The van der Waals surface area contributed by atoms with E-state index in [0.717, 1.165) is 27.5 Å². The summed E-state index contributed by atoms with van der Waals surface area (Å²) in [6, 6.07) is 15.9. The number of esters is 1. The van der Waals surface area contributed by atoms with Gasteiger partial charge in [-0.1, -0.05) is 18.2 Å². The molecule has 1 unspecified atom stereocenters. The maximum absolute atomic E-state index is 13.6. The Kier molecular flexibility index (Phi) is 6.90. The zero-order chi connectivity index (χ0) is 28.7. The molecule has 3 aromatic heterocycles. The lowest BCUT2D eigenvalue weighted by molar-refractivity contribution is 0.0519. The summed E-state index contributed by atoms with van der Waals surface area (Å²) in [5.74, 6) is -0.0891. The number of H-pyrrole nitrogens is 1. The van der Waals surface area contributed by atoms with Gasteiger partial charge in [-0.25, -0.2) is 18.9 Å². The molecule has 5 aromatic rings. The molecule has 4 heterocycles. The van der Waals surface area contributed by atoms with E-state index in [1.54, 1.807) is 25.1 Å². The van der Waals surface area contributed by atoms with Gasteiger partial charge in [0.1, 0.15) is 17.6 Å². The van der Waals surface area contributed by atoms with Gasteiger partial charge in [0.2, 0.25) is 0 Å². The normalized spacial score (nSPS) is 15.5. The van der Waals surface area contributed by atoms with E-state index in [1.807, 2.05) is 28.9 Å². The monoisotopic (exact) mass is 556 g/mol. The van der Waals surface area contributed by atoms with Gasteiger partial charge in [-0.2, -0.15) is 0 Å². The van der Waals surface area contributed by atoms with Crippen LogP contribution in [0.3, 0.4) is 0 Å². The minimum atomic E-state index is -0.476. The maximum Gasteiger partial charge on any atom is 0.356 e. The van der Waals surface area contributed by atoms with Gasteiger partial charge in [-0.3, -0.25) is 4.90 Å². The molecule has 1 aliphatic heterocycles. The Balaban J connectivity index is 1.50. The third-order valence-electron chi connectivity index (χ3n) is 7.51. The highest BCUT2D eigenvalue weighted by Crippen LogP contribution is 2.37. The lowest BCUT2D eigenvalue weighted by Crippen LogP contribution is -2.49. The molecule has 11 heteroatoms. The van der Waals surface area contributed by atoms with Crippen molar-refractivity contribution in [2.24, 2.45) is 0 Å². The number of aromatic amines is 1. The van der Waals surface area contributed by atoms with E-state index < -0.39 is 17.6 Å². The number of fused-ring (bicyclic) bond motifs is 3. The van der Waals surface area contributed by atoms with Crippen molar-refractivity contribution in [3.8, 4) is 0 Å². The fourth-order valence-corrected chi connectivity index (χ4v) is 5.57. The van der Waals surface area contributed by atoms with Crippen LogP contribution in [0.5, 0.6) is 0 Å². The van der Waals surface area contributed by atoms with Crippen LogP contribution in [-0.4, -0.2) is 73.8 Å². The summed E-state index contributed by atoms with van der Waals surface area (Å²) in [6.07, 6.45) is 0. The Morgan fingerprint density at radius 1 is 1.05 bits per heavy atom. The molecule has 212 valence electrons. The van der Waals surface area contributed by atoms with Crippen molar-refractivity contribution in [3.63, 3.8) is 0 Å².